The topological polar surface area (TPSA) is 111 Å². The van der Waals surface area contributed by atoms with E-state index in [1.807, 2.05) is 4.57 Å². The molecule has 2 aromatic heterocycles. The number of nitrogens with one attached hydrogen (secondary N) is 1. The van der Waals surface area contributed by atoms with Crippen molar-refractivity contribution in [3.8, 4) is 11.3 Å². The number of aromatic nitrogens is 4. The van der Waals surface area contributed by atoms with E-state index in [4.69, 9.17) is 16.5 Å². The number of piperidine rings is 1. The lowest BCUT2D eigenvalue weighted by Gasteiger charge is -2.33. The van der Waals surface area contributed by atoms with Gasteiger partial charge in [0.05, 0.1) is 11.3 Å². The minimum atomic E-state index is -4.79. The Balaban J connectivity index is 1.58. The third-order valence-electron chi connectivity index (χ3n) is 6.51. The first kappa shape index (κ1) is 26.6. The van der Waals surface area contributed by atoms with Crippen LogP contribution in [0.2, 0.25) is 0 Å². The molecule has 0 spiro atoms. The van der Waals surface area contributed by atoms with Crippen molar-refractivity contribution in [3.05, 3.63) is 47.9 Å². The van der Waals surface area contributed by atoms with Gasteiger partial charge in [-0.15, -0.1) is 0 Å². The van der Waals surface area contributed by atoms with Gasteiger partial charge in [0.15, 0.2) is 11.6 Å². The molecule has 0 aliphatic carbocycles. The highest BCUT2D eigenvalue weighted by molar-refractivity contribution is 5.73. The molecule has 12 heteroatoms. The maximum Gasteiger partial charge on any atom is 0.419 e. The van der Waals surface area contributed by atoms with Crippen LogP contribution in [-0.4, -0.2) is 45.7 Å². The van der Waals surface area contributed by atoms with Gasteiger partial charge in [0, 0.05) is 43.9 Å². The lowest BCUT2D eigenvalue weighted by molar-refractivity contribution is -0.139. The molecule has 37 heavy (non-hydrogen) atoms. The van der Waals surface area contributed by atoms with Crippen LogP contribution in [0.4, 0.5) is 34.9 Å². The van der Waals surface area contributed by atoms with Crippen LogP contribution in [0.15, 0.2) is 30.7 Å². The van der Waals surface area contributed by atoms with Crippen LogP contribution in [0, 0.1) is 11.7 Å². The van der Waals surface area contributed by atoms with E-state index in [9.17, 15) is 17.6 Å². The highest BCUT2D eigenvalue weighted by Crippen LogP contribution is 2.36. The number of hydrogen-bond donors (Lipinski definition) is 3. The molecule has 0 bridgehead atoms. The Labute approximate surface area is 213 Å². The van der Waals surface area contributed by atoms with Gasteiger partial charge in [-0.3, -0.25) is 0 Å². The highest BCUT2D eigenvalue weighted by atomic mass is 19.4. The SMILES string of the molecule is CC(C)CNCCn1cc(-c2ccc(F)c(C(F)(F)F)c2)nc1C1CCN(c2ncnc(N)c2N)CC1. The molecule has 4 rings (SSSR count). The summed E-state index contributed by atoms with van der Waals surface area (Å²) in [5.41, 5.74) is 11.6. The number of halogens is 4. The highest BCUT2D eigenvalue weighted by Gasteiger charge is 2.34. The second-order valence-corrected chi connectivity index (χ2v) is 9.73. The molecular formula is C25H32F4N8. The Morgan fingerprint density at radius 1 is 1.14 bits per heavy atom. The summed E-state index contributed by atoms with van der Waals surface area (Å²) in [7, 11) is 0. The third kappa shape index (κ3) is 6.12. The molecule has 1 fully saturated rings. The van der Waals surface area contributed by atoms with Crippen molar-refractivity contribution in [2.24, 2.45) is 5.92 Å². The van der Waals surface area contributed by atoms with Crippen molar-refractivity contribution < 1.29 is 17.6 Å². The summed E-state index contributed by atoms with van der Waals surface area (Å²) >= 11 is 0. The van der Waals surface area contributed by atoms with Gasteiger partial charge in [-0.1, -0.05) is 13.8 Å². The Bertz CT molecular complexity index is 1220. The van der Waals surface area contributed by atoms with Gasteiger partial charge in [-0.25, -0.2) is 19.3 Å². The molecule has 0 unspecified atom stereocenters. The summed E-state index contributed by atoms with van der Waals surface area (Å²) in [6.45, 7) is 7.71. The second-order valence-electron chi connectivity index (χ2n) is 9.73. The summed E-state index contributed by atoms with van der Waals surface area (Å²) in [5, 5.41) is 3.39. The maximum absolute atomic E-state index is 13.9. The molecule has 1 aliphatic heterocycles. The molecule has 1 saturated heterocycles. The van der Waals surface area contributed by atoms with E-state index in [0.29, 0.717) is 49.3 Å². The van der Waals surface area contributed by atoms with Gasteiger partial charge in [-0.2, -0.15) is 13.2 Å². The first-order chi connectivity index (χ1) is 17.5. The average Bonchev–Trinajstić information content (AvgIpc) is 3.27. The van der Waals surface area contributed by atoms with E-state index in [2.05, 4.69) is 34.0 Å². The lowest BCUT2D eigenvalue weighted by Crippen LogP contribution is -2.35. The minimum Gasteiger partial charge on any atom is -0.393 e. The molecule has 3 heterocycles. The maximum atomic E-state index is 13.9. The van der Waals surface area contributed by atoms with Crippen molar-refractivity contribution in [1.29, 1.82) is 0 Å². The van der Waals surface area contributed by atoms with Crippen LogP contribution in [0.3, 0.4) is 0 Å². The van der Waals surface area contributed by atoms with Crippen molar-refractivity contribution >= 4 is 17.3 Å². The van der Waals surface area contributed by atoms with E-state index < -0.39 is 17.6 Å². The van der Waals surface area contributed by atoms with Gasteiger partial charge in [0.25, 0.3) is 0 Å². The predicted octanol–water partition coefficient (Wildman–Crippen LogP) is 4.29. The Hall–Kier alpha value is -3.41. The van der Waals surface area contributed by atoms with E-state index in [1.165, 1.54) is 12.4 Å². The number of rotatable bonds is 8. The standard InChI is InChI=1S/C25H32F4N8/c1-15(2)12-32-7-10-37-13-20(17-3-4-19(26)18(11-17)25(27,28)29)35-23(37)16-5-8-36(9-6-16)24-21(30)22(31)33-14-34-24/h3-4,11,13-16,32H,5-10,12,30H2,1-2H3,(H2,31,33,34). The van der Waals surface area contributed by atoms with E-state index in [1.54, 1.807) is 6.20 Å². The van der Waals surface area contributed by atoms with E-state index in [0.717, 1.165) is 37.3 Å². The Morgan fingerprint density at radius 3 is 2.54 bits per heavy atom. The molecule has 200 valence electrons. The largest absolute Gasteiger partial charge is 0.419 e. The molecular weight excluding hydrogens is 488 g/mol. The Morgan fingerprint density at radius 2 is 1.86 bits per heavy atom. The van der Waals surface area contributed by atoms with Crippen LogP contribution < -0.4 is 21.7 Å². The van der Waals surface area contributed by atoms with Crippen molar-refractivity contribution in [1.82, 2.24) is 24.8 Å². The number of anilines is 3. The summed E-state index contributed by atoms with van der Waals surface area (Å²) in [5.74, 6) is 0.904. The summed E-state index contributed by atoms with van der Waals surface area (Å²) in [4.78, 5) is 15.0. The number of nitrogens with two attached hydrogens (primary N) is 2. The summed E-state index contributed by atoms with van der Waals surface area (Å²) in [6, 6.07) is 3.01. The number of alkyl halides is 3. The van der Waals surface area contributed by atoms with Crippen LogP contribution in [0.25, 0.3) is 11.3 Å². The minimum absolute atomic E-state index is 0.0815. The van der Waals surface area contributed by atoms with Gasteiger partial charge in [0.1, 0.15) is 23.7 Å². The number of benzene rings is 1. The first-order valence-electron chi connectivity index (χ1n) is 12.3. The number of hydrogen-bond acceptors (Lipinski definition) is 7. The molecule has 1 aliphatic rings. The Kier molecular flexibility index (Phi) is 7.86. The van der Waals surface area contributed by atoms with Crippen LogP contribution in [0.5, 0.6) is 0 Å². The van der Waals surface area contributed by atoms with Crippen molar-refractivity contribution in [2.75, 3.05) is 42.5 Å². The van der Waals surface area contributed by atoms with Crippen LogP contribution in [0.1, 0.15) is 44.0 Å². The zero-order chi connectivity index (χ0) is 26.7. The second kappa shape index (κ2) is 10.9. The zero-order valence-corrected chi connectivity index (χ0v) is 20.9. The van der Waals surface area contributed by atoms with Crippen molar-refractivity contribution in [3.63, 3.8) is 0 Å². The van der Waals surface area contributed by atoms with Gasteiger partial charge in [0.2, 0.25) is 0 Å². The van der Waals surface area contributed by atoms with Crippen LogP contribution >= 0.6 is 0 Å². The van der Waals surface area contributed by atoms with Crippen LogP contribution in [-0.2, 0) is 12.7 Å². The van der Waals surface area contributed by atoms with Gasteiger partial charge in [-0.05, 0) is 43.5 Å². The van der Waals surface area contributed by atoms with Crippen molar-refractivity contribution in [2.45, 2.75) is 45.3 Å². The quantitative estimate of drug-likeness (QED) is 0.300. The lowest BCUT2D eigenvalue weighted by atomic mass is 9.95. The predicted molar refractivity (Wildman–Crippen MR) is 135 cm³/mol. The van der Waals surface area contributed by atoms with Gasteiger partial charge < -0.3 is 26.3 Å². The molecule has 8 nitrogen and oxygen atoms in total. The first-order valence-corrected chi connectivity index (χ1v) is 12.3. The summed E-state index contributed by atoms with van der Waals surface area (Å²) < 4.78 is 55.8. The van der Waals surface area contributed by atoms with Gasteiger partial charge >= 0.3 is 6.18 Å². The molecule has 1 aromatic carbocycles. The number of imidazole rings is 1. The smallest absolute Gasteiger partial charge is 0.393 e. The third-order valence-corrected chi connectivity index (χ3v) is 6.51. The molecule has 3 aromatic rings. The molecule has 5 N–H and O–H groups in total. The summed E-state index contributed by atoms with van der Waals surface area (Å²) in [6.07, 6.45) is -0.151. The molecule has 0 radical (unpaired) electrons. The normalized spacial score (nSPS) is 15.1. The fourth-order valence-corrected chi connectivity index (χ4v) is 4.57. The molecule has 0 atom stereocenters. The van der Waals surface area contributed by atoms with E-state index in [-0.39, 0.29) is 17.3 Å². The number of nitrogens with zero attached hydrogens (tertiary/aromatic N) is 5. The molecule has 0 amide bonds. The average molecular weight is 521 g/mol. The van der Waals surface area contributed by atoms with E-state index >= 15 is 0 Å². The monoisotopic (exact) mass is 520 g/mol. The fraction of sp³-hybridized carbons (Fsp3) is 0.480. The fourth-order valence-electron chi connectivity index (χ4n) is 4.57. The zero-order valence-electron chi connectivity index (χ0n) is 20.9. The molecule has 0 saturated carbocycles. The number of nitrogen functional groups attached to an aromatic ring is 2.